The van der Waals surface area contributed by atoms with E-state index in [-0.39, 0.29) is 0 Å². The van der Waals surface area contributed by atoms with Crippen molar-refractivity contribution in [2.45, 2.75) is 73.1 Å². The molecule has 0 heteroatoms. The summed E-state index contributed by atoms with van der Waals surface area (Å²) in [7, 11) is 0. The van der Waals surface area contributed by atoms with Gasteiger partial charge in [-0.15, -0.1) is 0 Å². The van der Waals surface area contributed by atoms with Crippen LogP contribution in [0.5, 0.6) is 0 Å². The maximum Gasteiger partial charge on any atom is -0.0105 e. The van der Waals surface area contributed by atoms with Crippen molar-refractivity contribution in [1.82, 2.24) is 0 Å². The van der Waals surface area contributed by atoms with E-state index in [4.69, 9.17) is 0 Å². The van der Waals surface area contributed by atoms with Crippen LogP contribution < -0.4 is 0 Å². The molecule has 0 heterocycles. The number of hydrogen-bond acceptors (Lipinski definition) is 0. The normalized spacial score (nSPS) is 39.7. The quantitative estimate of drug-likeness (QED) is 0.537. The molecule has 112 valence electrons. The predicted octanol–water partition coefficient (Wildman–Crippen LogP) is 6.14. The van der Waals surface area contributed by atoms with Crippen LogP contribution in [0.1, 0.15) is 73.1 Å². The van der Waals surface area contributed by atoms with Crippen LogP contribution in [0.3, 0.4) is 0 Å². The third-order valence-electron chi connectivity index (χ3n) is 6.88. The molecule has 1 fully saturated rings. The summed E-state index contributed by atoms with van der Waals surface area (Å²) in [5.74, 6) is 2.46. The van der Waals surface area contributed by atoms with Gasteiger partial charge in [-0.2, -0.15) is 0 Å². The molecule has 3 rings (SSSR count). The van der Waals surface area contributed by atoms with Gasteiger partial charge >= 0.3 is 0 Å². The van der Waals surface area contributed by atoms with E-state index in [9.17, 15) is 0 Å². The molecule has 1 saturated carbocycles. The molecule has 0 aromatic rings. The molecule has 0 aromatic heterocycles. The Balaban J connectivity index is 1.97. The minimum atomic E-state index is 0.539. The lowest BCUT2D eigenvalue weighted by molar-refractivity contribution is -0.0389. The Bertz CT molecular complexity index is 449. The first kappa shape index (κ1) is 14.4. The number of rotatable bonds is 1. The van der Waals surface area contributed by atoms with E-state index in [0.29, 0.717) is 10.8 Å². The molecule has 0 aromatic carbocycles. The summed E-state index contributed by atoms with van der Waals surface area (Å²) in [6, 6.07) is 0. The van der Waals surface area contributed by atoms with Gasteiger partial charge in [0, 0.05) is 0 Å². The van der Waals surface area contributed by atoms with E-state index in [0.717, 1.165) is 17.8 Å². The van der Waals surface area contributed by atoms with Crippen molar-refractivity contribution in [3.63, 3.8) is 0 Å². The Labute approximate surface area is 125 Å². The minimum absolute atomic E-state index is 0.539. The van der Waals surface area contributed by atoms with Gasteiger partial charge in [0.15, 0.2) is 0 Å². The monoisotopic (exact) mass is 272 g/mol. The molecule has 0 nitrogen and oxygen atoms in total. The van der Waals surface area contributed by atoms with Crippen molar-refractivity contribution < 1.29 is 0 Å². The van der Waals surface area contributed by atoms with Crippen LogP contribution in [0.15, 0.2) is 23.3 Å². The van der Waals surface area contributed by atoms with Crippen LogP contribution in [-0.4, -0.2) is 0 Å². The van der Waals surface area contributed by atoms with Gasteiger partial charge < -0.3 is 0 Å². The molecular weight excluding hydrogens is 240 g/mol. The molecule has 3 aliphatic carbocycles. The van der Waals surface area contributed by atoms with Crippen molar-refractivity contribution in [1.29, 1.82) is 0 Å². The first-order chi connectivity index (χ1) is 9.34. The zero-order valence-electron chi connectivity index (χ0n) is 14.1. The van der Waals surface area contributed by atoms with Crippen LogP contribution in [-0.2, 0) is 0 Å². The van der Waals surface area contributed by atoms with Crippen molar-refractivity contribution in [3.8, 4) is 0 Å². The van der Waals surface area contributed by atoms with Gasteiger partial charge in [-0.1, -0.05) is 58.8 Å². The molecule has 0 bridgehead atoms. The average molecular weight is 272 g/mol. The lowest BCUT2D eigenvalue weighted by Crippen LogP contribution is -2.49. The lowest BCUT2D eigenvalue weighted by Gasteiger charge is -2.57. The first-order valence-electron chi connectivity index (χ1n) is 8.75. The molecule has 0 spiro atoms. The Kier molecular flexibility index (Phi) is 3.42. The summed E-state index contributed by atoms with van der Waals surface area (Å²) in [5, 5.41) is 0. The largest absolute Gasteiger partial charge is 0.0807 e. The SMILES string of the molecule is CC(C)C1=CC2=CCC3C(C)(C)CCC[C@]3(C)[C@@H]2CC1. The predicted molar refractivity (Wildman–Crippen MR) is 87.6 cm³/mol. The average Bonchev–Trinajstić information content (AvgIpc) is 2.37. The molecule has 3 atom stereocenters. The maximum atomic E-state index is 2.62. The zero-order chi connectivity index (χ0) is 14.5. The van der Waals surface area contributed by atoms with E-state index in [2.05, 4.69) is 46.8 Å². The van der Waals surface area contributed by atoms with Gasteiger partial charge in [-0.25, -0.2) is 0 Å². The number of hydrogen-bond donors (Lipinski definition) is 0. The summed E-state index contributed by atoms with van der Waals surface area (Å²) in [4.78, 5) is 0. The van der Waals surface area contributed by atoms with Gasteiger partial charge in [0.25, 0.3) is 0 Å². The van der Waals surface area contributed by atoms with E-state index in [1.165, 1.54) is 38.5 Å². The van der Waals surface area contributed by atoms with Gasteiger partial charge in [0.2, 0.25) is 0 Å². The summed E-state index contributed by atoms with van der Waals surface area (Å²) < 4.78 is 0. The fraction of sp³-hybridized carbons (Fsp3) is 0.800. The molecule has 3 aliphatic rings. The highest BCUT2D eigenvalue weighted by Crippen LogP contribution is 2.61. The lowest BCUT2D eigenvalue weighted by atomic mass is 9.47. The smallest absolute Gasteiger partial charge is 0.0105 e. The van der Waals surface area contributed by atoms with E-state index < -0.39 is 0 Å². The van der Waals surface area contributed by atoms with E-state index >= 15 is 0 Å². The highest BCUT2D eigenvalue weighted by atomic mass is 14.6. The Morgan fingerprint density at radius 1 is 1.15 bits per heavy atom. The maximum absolute atomic E-state index is 2.62. The van der Waals surface area contributed by atoms with Crippen LogP contribution in [0.2, 0.25) is 0 Å². The fourth-order valence-corrected chi connectivity index (χ4v) is 5.66. The molecule has 20 heavy (non-hydrogen) atoms. The summed E-state index contributed by atoms with van der Waals surface area (Å²) >= 11 is 0. The first-order valence-corrected chi connectivity index (χ1v) is 8.75. The molecule has 0 amide bonds. The highest BCUT2D eigenvalue weighted by molar-refractivity contribution is 5.35. The van der Waals surface area contributed by atoms with E-state index in [1.54, 1.807) is 11.1 Å². The molecule has 1 unspecified atom stereocenters. The zero-order valence-corrected chi connectivity index (χ0v) is 14.1. The van der Waals surface area contributed by atoms with Gasteiger partial charge in [-0.3, -0.25) is 0 Å². The number of allylic oxidation sites excluding steroid dienone is 4. The molecule has 0 saturated heterocycles. The summed E-state index contributed by atoms with van der Waals surface area (Å²) in [6.45, 7) is 12.4. The van der Waals surface area contributed by atoms with Crippen molar-refractivity contribution in [3.05, 3.63) is 23.3 Å². The second-order valence-corrected chi connectivity index (χ2v) is 8.81. The molecule has 0 aliphatic heterocycles. The Hall–Kier alpha value is -0.520. The second-order valence-electron chi connectivity index (χ2n) is 8.81. The number of fused-ring (bicyclic) bond motifs is 3. The van der Waals surface area contributed by atoms with Crippen LogP contribution in [0, 0.1) is 28.6 Å². The van der Waals surface area contributed by atoms with Gasteiger partial charge in [-0.05, 0) is 66.3 Å². The molecular formula is C20H32. The van der Waals surface area contributed by atoms with Gasteiger partial charge in [0.1, 0.15) is 0 Å². The molecule has 0 N–H and O–H groups in total. The standard InChI is InChI=1S/C20H32/c1-14(2)15-7-9-17-16(13-15)8-10-18-19(3,4)11-6-12-20(17,18)5/h8,13-14,17-18H,6-7,9-12H2,1-5H3/t17-,18?,20-/m1/s1. The Morgan fingerprint density at radius 3 is 2.60 bits per heavy atom. The van der Waals surface area contributed by atoms with Crippen molar-refractivity contribution in [2.24, 2.45) is 28.6 Å². The summed E-state index contributed by atoms with van der Waals surface area (Å²) in [5.41, 5.74) is 4.48. The van der Waals surface area contributed by atoms with Crippen LogP contribution in [0.4, 0.5) is 0 Å². The molecule has 0 radical (unpaired) electrons. The van der Waals surface area contributed by atoms with Crippen LogP contribution >= 0.6 is 0 Å². The Morgan fingerprint density at radius 2 is 1.90 bits per heavy atom. The second kappa shape index (κ2) is 4.75. The van der Waals surface area contributed by atoms with Gasteiger partial charge in [0.05, 0.1) is 0 Å². The van der Waals surface area contributed by atoms with Crippen molar-refractivity contribution in [2.75, 3.05) is 0 Å². The van der Waals surface area contributed by atoms with Crippen LogP contribution in [0.25, 0.3) is 0 Å². The third kappa shape index (κ3) is 2.11. The van der Waals surface area contributed by atoms with E-state index in [1.807, 2.05) is 0 Å². The fourth-order valence-electron chi connectivity index (χ4n) is 5.66. The highest BCUT2D eigenvalue weighted by Gasteiger charge is 2.52. The third-order valence-corrected chi connectivity index (χ3v) is 6.88. The topological polar surface area (TPSA) is 0 Å². The minimum Gasteiger partial charge on any atom is -0.0807 e. The summed E-state index contributed by atoms with van der Waals surface area (Å²) in [6.07, 6.45) is 13.5. The van der Waals surface area contributed by atoms with Crippen molar-refractivity contribution >= 4 is 0 Å².